The van der Waals surface area contributed by atoms with Crippen molar-refractivity contribution in [2.24, 2.45) is 0 Å². The average Bonchev–Trinajstić information content (AvgIpc) is 1.99. The summed E-state index contributed by atoms with van der Waals surface area (Å²) in [7, 11) is 0. The van der Waals surface area contributed by atoms with E-state index in [-0.39, 0.29) is 0 Å². The first kappa shape index (κ1) is 11.9. The van der Waals surface area contributed by atoms with Crippen LogP contribution in [0.1, 0.15) is 6.92 Å². The Hall–Kier alpha value is -1.14. The number of ketones is 1. The molecule has 0 unspecified atom stereocenters. The summed E-state index contributed by atoms with van der Waals surface area (Å²) < 4.78 is 50.6. The second-order valence-electron chi connectivity index (χ2n) is 2.19. The highest BCUT2D eigenvalue weighted by Crippen LogP contribution is 2.22. The Morgan fingerprint density at radius 2 is 1.85 bits per heavy atom. The molecule has 0 heterocycles. The average molecular weight is 202 g/mol. The lowest BCUT2D eigenvalue weighted by atomic mass is 10.4. The van der Waals surface area contributed by atoms with Gasteiger partial charge >= 0.3 is 18.3 Å². The number of rotatable bonds is 4. The number of hydrogen-bond acceptors (Lipinski definition) is 3. The van der Waals surface area contributed by atoms with Crippen LogP contribution in [0.3, 0.4) is 0 Å². The number of ether oxygens (including phenoxy) is 1. The molecule has 0 aliphatic rings. The Bertz CT molecular complexity index is 214. The largest absolute Gasteiger partial charge is 0.453 e. The number of alkyl halides is 4. The lowest BCUT2D eigenvalue weighted by Gasteiger charge is -2.13. The lowest BCUT2D eigenvalue weighted by Crippen LogP contribution is -2.34. The van der Waals surface area contributed by atoms with Gasteiger partial charge in [-0.15, -0.1) is 0 Å². The molecule has 0 bridgehead atoms. The van der Waals surface area contributed by atoms with Crippen LogP contribution in [-0.4, -0.2) is 30.7 Å². The quantitative estimate of drug-likeness (QED) is 0.388. The number of halogens is 4. The Labute approximate surface area is 70.7 Å². The van der Waals surface area contributed by atoms with Crippen LogP contribution in [0.4, 0.5) is 17.6 Å². The molecule has 3 nitrogen and oxygen atoms in total. The monoisotopic (exact) mass is 202 g/mol. The summed E-state index contributed by atoms with van der Waals surface area (Å²) in [5, 5.41) is 0. The minimum atomic E-state index is -4.41. The third-order valence-electron chi connectivity index (χ3n) is 1.00. The van der Waals surface area contributed by atoms with Crippen molar-refractivity contribution in [3.63, 3.8) is 0 Å². The molecule has 0 amide bonds. The van der Waals surface area contributed by atoms with E-state index < -0.39 is 30.7 Å². The third kappa shape index (κ3) is 3.86. The minimum absolute atomic E-state index is 0.781. The topological polar surface area (TPSA) is 43.4 Å². The Morgan fingerprint density at radius 1 is 1.38 bits per heavy atom. The first-order valence-corrected chi connectivity index (χ1v) is 3.11. The molecule has 0 spiro atoms. The van der Waals surface area contributed by atoms with Gasteiger partial charge in [0.1, 0.15) is 0 Å². The van der Waals surface area contributed by atoms with E-state index in [0.29, 0.717) is 0 Å². The van der Waals surface area contributed by atoms with Gasteiger partial charge in [-0.1, -0.05) is 0 Å². The van der Waals surface area contributed by atoms with Crippen LogP contribution in [0.15, 0.2) is 0 Å². The van der Waals surface area contributed by atoms with E-state index in [9.17, 15) is 27.2 Å². The van der Waals surface area contributed by atoms with E-state index in [1.165, 1.54) is 0 Å². The summed E-state index contributed by atoms with van der Waals surface area (Å²) in [6.45, 7) is -1.01. The van der Waals surface area contributed by atoms with Crippen LogP contribution in [0.5, 0.6) is 0 Å². The molecule has 13 heavy (non-hydrogen) atoms. The molecule has 0 rings (SSSR count). The van der Waals surface area contributed by atoms with Gasteiger partial charge < -0.3 is 4.74 Å². The zero-order valence-electron chi connectivity index (χ0n) is 6.52. The normalized spacial score (nSPS) is 11.5. The molecule has 0 saturated carbocycles. The van der Waals surface area contributed by atoms with Crippen LogP contribution in [0, 0.1) is 0 Å². The van der Waals surface area contributed by atoms with Crippen LogP contribution >= 0.6 is 0 Å². The summed E-state index contributed by atoms with van der Waals surface area (Å²) in [5.74, 6) is -7.09. The molecule has 0 aromatic carbocycles. The number of hydrogen-bond donors (Lipinski definition) is 0. The Balaban J connectivity index is 4.02. The van der Waals surface area contributed by atoms with Crippen molar-refractivity contribution in [1.29, 1.82) is 0 Å². The first-order chi connectivity index (χ1) is 5.77. The molecule has 0 aliphatic carbocycles. The van der Waals surface area contributed by atoms with Gasteiger partial charge in [-0.2, -0.15) is 8.78 Å². The van der Waals surface area contributed by atoms with E-state index in [1.807, 2.05) is 0 Å². The molecular weight excluding hydrogens is 196 g/mol. The molecule has 7 heteroatoms. The Morgan fingerprint density at radius 3 is 2.15 bits per heavy atom. The van der Waals surface area contributed by atoms with Gasteiger partial charge in [0.25, 0.3) is 0 Å². The van der Waals surface area contributed by atoms with Crippen molar-refractivity contribution in [1.82, 2.24) is 0 Å². The van der Waals surface area contributed by atoms with E-state index in [1.54, 1.807) is 0 Å². The summed E-state index contributed by atoms with van der Waals surface area (Å²) in [4.78, 5) is 20.4. The minimum Gasteiger partial charge on any atom is -0.453 e. The van der Waals surface area contributed by atoms with Crippen LogP contribution in [0.25, 0.3) is 0 Å². The van der Waals surface area contributed by atoms with E-state index in [0.717, 1.165) is 6.92 Å². The highest BCUT2D eigenvalue weighted by atomic mass is 19.3. The van der Waals surface area contributed by atoms with E-state index in [4.69, 9.17) is 0 Å². The molecule has 0 aromatic rings. The van der Waals surface area contributed by atoms with Crippen molar-refractivity contribution in [2.45, 2.75) is 19.3 Å². The molecule has 0 radical (unpaired) electrons. The van der Waals surface area contributed by atoms with E-state index >= 15 is 0 Å². The maximum atomic E-state index is 12.0. The maximum absolute atomic E-state index is 12.0. The van der Waals surface area contributed by atoms with Gasteiger partial charge in [-0.3, -0.25) is 4.79 Å². The van der Waals surface area contributed by atoms with Gasteiger partial charge in [0, 0.05) is 6.92 Å². The van der Waals surface area contributed by atoms with Crippen molar-refractivity contribution >= 4 is 11.8 Å². The molecule has 0 N–H and O–H groups in total. The molecule has 0 saturated heterocycles. The molecule has 76 valence electrons. The SMILES string of the molecule is CC(=O)C(=O)OCC(F)(F)C(F)F. The zero-order valence-corrected chi connectivity index (χ0v) is 6.52. The zero-order chi connectivity index (χ0) is 10.6. The summed E-state index contributed by atoms with van der Waals surface area (Å²) >= 11 is 0. The van der Waals surface area contributed by atoms with Crippen molar-refractivity contribution in [2.75, 3.05) is 6.61 Å². The van der Waals surface area contributed by atoms with E-state index in [2.05, 4.69) is 4.74 Å². The number of carbonyl (C=O) groups excluding carboxylic acids is 2. The third-order valence-corrected chi connectivity index (χ3v) is 1.00. The molecule has 0 atom stereocenters. The van der Waals surface area contributed by atoms with Crippen molar-refractivity contribution in [3.05, 3.63) is 0 Å². The van der Waals surface area contributed by atoms with Crippen molar-refractivity contribution < 1.29 is 31.9 Å². The van der Waals surface area contributed by atoms with Crippen LogP contribution < -0.4 is 0 Å². The van der Waals surface area contributed by atoms with Gasteiger partial charge in [0.2, 0.25) is 5.78 Å². The van der Waals surface area contributed by atoms with Gasteiger partial charge in [-0.25, -0.2) is 13.6 Å². The number of Topliss-reactive ketones (excluding diaryl/α,β-unsaturated/α-hetero) is 1. The second kappa shape index (κ2) is 4.20. The Kier molecular flexibility index (Phi) is 3.83. The maximum Gasteiger partial charge on any atom is 0.374 e. The predicted molar refractivity (Wildman–Crippen MR) is 32.6 cm³/mol. The van der Waals surface area contributed by atoms with Crippen molar-refractivity contribution in [3.8, 4) is 0 Å². The van der Waals surface area contributed by atoms with Gasteiger partial charge in [0.05, 0.1) is 0 Å². The molecule has 0 aromatic heterocycles. The number of carbonyl (C=O) groups is 2. The van der Waals surface area contributed by atoms with Crippen LogP contribution in [-0.2, 0) is 14.3 Å². The van der Waals surface area contributed by atoms with Gasteiger partial charge in [-0.05, 0) is 0 Å². The molecular formula is C6H6F4O3. The fourth-order valence-electron chi connectivity index (χ4n) is 0.326. The lowest BCUT2D eigenvalue weighted by molar-refractivity contribution is -0.181. The fourth-order valence-corrected chi connectivity index (χ4v) is 0.326. The second-order valence-corrected chi connectivity index (χ2v) is 2.19. The predicted octanol–water partition coefficient (Wildman–Crippen LogP) is 1.02. The standard InChI is InChI=1S/C6H6F4O3/c1-3(11)4(12)13-2-6(9,10)5(7)8/h5H,2H2,1H3. The van der Waals surface area contributed by atoms with Crippen LogP contribution in [0.2, 0.25) is 0 Å². The summed E-state index contributed by atoms with van der Waals surface area (Å²) in [6.07, 6.45) is -3.92. The summed E-state index contributed by atoms with van der Waals surface area (Å²) in [6, 6.07) is 0. The highest BCUT2D eigenvalue weighted by Gasteiger charge is 2.42. The molecule has 0 aliphatic heterocycles. The highest BCUT2D eigenvalue weighted by molar-refractivity contribution is 6.32. The fraction of sp³-hybridized carbons (Fsp3) is 0.667. The smallest absolute Gasteiger partial charge is 0.374 e. The number of esters is 1. The van der Waals surface area contributed by atoms with Gasteiger partial charge in [0.15, 0.2) is 6.61 Å². The molecule has 0 fully saturated rings. The summed E-state index contributed by atoms with van der Waals surface area (Å²) in [5.41, 5.74) is 0. The first-order valence-electron chi connectivity index (χ1n) is 3.11.